The first kappa shape index (κ1) is 24.0. The molecule has 2 heterocycles. The summed E-state index contributed by atoms with van der Waals surface area (Å²) in [6.07, 6.45) is -0.144. The van der Waals surface area contributed by atoms with E-state index in [1.165, 1.54) is 29.2 Å². The van der Waals surface area contributed by atoms with Crippen LogP contribution >= 0.6 is 0 Å². The van der Waals surface area contributed by atoms with E-state index >= 15 is 0 Å². The Hall–Kier alpha value is -4.15. The highest BCUT2D eigenvalue weighted by molar-refractivity contribution is 6.00. The summed E-state index contributed by atoms with van der Waals surface area (Å²) in [5.41, 5.74) is 0.942. The molecule has 184 valence electrons. The molecule has 0 aromatic heterocycles. The van der Waals surface area contributed by atoms with Gasteiger partial charge < -0.3 is 24.8 Å². The number of nitrogens with one attached hydrogen (secondary N) is 1. The lowest BCUT2D eigenvalue weighted by Crippen LogP contribution is -2.59. The lowest BCUT2D eigenvalue weighted by Gasteiger charge is -2.39. The second kappa shape index (κ2) is 10.4. The van der Waals surface area contributed by atoms with E-state index in [0.717, 1.165) is 11.4 Å². The van der Waals surface area contributed by atoms with Crippen LogP contribution in [0.4, 0.5) is 11.4 Å². The number of nitrogens with zero attached hydrogens (tertiary/aromatic N) is 4. The molecule has 2 fully saturated rings. The number of amides is 3. The highest BCUT2D eigenvalue weighted by atomic mass is 16.6. The molecular formula is C24H27N5O6. The summed E-state index contributed by atoms with van der Waals surface area (Å²) >= 11 is 0. The predicted octanol–water partition coefficient (Wildman–Crippen LogP) is 1.28. The number of piperazine rings is 2. The van der Waals surface area contributed by atoms with Crippen LogP contribution in [0.2, 0.25) is 0 Å². The molecule has 2 aliphatic heterocycles. The van der Waals surface area contributed by atoms with Crippen molar-refractivity contribution in [2.75, 3.05) is 51.3 Å². The molecule has 2 saturated heterocycles. The SMILES string of the molecule is COc1ccc(N2CCN(C(=O)C[C@@H]3C(=O)NCCN3C(=O)c3cccc([N+](=O)[O-])c3)CC2)cc1. The third-order valence-corrected chi connectivity index (χ3v) is 6.33. The second-order valence-electron chi connectivity index (χ2n) is 8.38. The summed E-state index contributed by atoms with van der Waals surface area (Å²) in [7, 11) is 1.62. The number of nitro benzene ring substituents is 1. The van der Waals surface area contributed by atoms with Gasteiger partial charge >= 0.3 is 0 Å². The summed E-state index contributed by atoms with van der Waals surface area (Å²) in [4.78, 5) is 54.5. The largest absolute Gasteiger partial charge is 0.497 e. The van der Waals surface area contributed by atoms with Gasteiger partial charge in [-0.05, 0) is 30.3 Å². The van der Waals surface area contributed by atoms with Gasteiger partial charge in [0.1, 0.15) is 11.8 Å². The molecular weight excluding hydrogens is 454 g/mol. The smallest absolute Gasteiger partial charge is 0.270 e. The maximum Gasteiger partial charge on any atom is 0.270 e. The number of carbonyl (C=O) groups is 3. The molecule has 2 aromatic rings. The first-order valence-electron chi connectivity index (χ1n) is 11.4. The van der Waals surface area contributed by atoms with E-state index in [0.29, 0.717) is 26.2 Å². The Morgan fingerprint density at radius 2 is 1.80 bits per heavy atom. The summed E-state index contributed by atoms with van der Waals surface area (Å²) in [6, 6.07) is 12.1. The van der Waals surface area contributed by atoms with Crippen molar-refractivity contribution in [2.24, 2.45) is 0 Å². The molecule has 0 radical (unpaired) electrons. The molecule has 11 heteroatoms. The summed E-state index contributed by atoms with van der Waals surface area (Å²) in [5.74, 6) is -0.346. The fourth-order valence-corrected chi connectivity index (χ4v) is 4.38. The number of methoxy groups -OCH3 is 1. The molecule has 4 rings (SSSR count). The highest BCUT2D eigenvalue weighted by Crippen LogP contribution is 2.22. The maximum atomic E-state index is 13.1. The van der Waals surface area contributed by atoms with Gasteiger partial charge in [0.2, 0.25) is 11.8 Å². The first-order chi connectivity index (χ1) is 16.9. The average molecular weight is 482 g/mol. The van der Waals surface area contributed by atoms with E-state index in [4.69, 9.17) is 4.74 Å². The van der Waals surface area contributed by atoms with Crippen molar-refractivity contribution in [3.63, 3.8) is 0 Å². The van der Waals surface area contributed by atoms with Crippen LogP contribution in [0.25, 0.3) is 0 Å². The van der Waals surface area contributed by atoms with Crippen molar-refractivity contribution in [3.05, 3.63) is 64.2 Å². The predicted molar refractivity (Wildman–Crippen MR) is 127 cm³/mol. The van der Waals surface area contributed by atoms with E-state index in [-0.39, 0.29) is 36.7 Å². The Labute approximate surface area is 202 Å². The number of rotatable bonds is 6. The molecule has 1 N–H and O–H groups in total. The van der Waals surface area contributed by atoms with Crippen molar-refractivity contribution < 1.29 is 24.0 Å². The minimum atomic E-state index is -0.970. The fourth-order valence-electron chi connectivity index (χ4n) is 4.38. The number of benzene rings is 2. The zero-order chi connectivity index (χ0) is 24.9. The number of ether oxygens (including phenoxy) is 1. The Balaban J connectivity index is 1.40. The van der Waals surface area contributed by atoms with Crippen LogP contribution in [0.1, 0.15) is 16.8 Å². The van der Waals surface area contributed by atoms with E-state index < -0.39 is 22.8 Å². The van der Waals surface area contributed by atoms with Crippen LogP contribution in [0, 0.1) is 10.1 Å². The van der Waals surface area contributed by atoms with Gasteiger partial charge in [0.05, 0.1) is 18.5 Å². The molecule has 11 nitrogen and oxygen atoms in total. The second-order valence-corrected chi connectivity index (χ2v) is 8.38. The number of non-ortho nitro benzene ring substituents is 1. The van der Waals surface area contributed by atoms with Crippen LogP contribution in [-0.4, -0.2) is 84.9 Å². The molecule has 2 aromatic carbocycles. The van der Waals surface area contributed by atoms with Crippen molar-refractivity contribution in [1.82, 2.24) is 15.1 Å². The van der Waals surface area contributed by atoms with E-state index in [2.05, 4.69) is 10.2 Å². The molecule has 0 saturated carbocycles. The molecule has 0 bridgehead atoms. The zero-order valence-corrected chi connectivity index (χ0v) is 19.4. The monoisotopic (exact) mass is 481 g/mol. The highest BCUT2D eigenvalue weighted by Gasteiger charge is 2.37. The topological polar surface area (TPSA) is 125 Å². The zero-order valence-electron chi connectivity index (χ0n) is 19.4. The lowest BCUT2D eigenvalue weighted by atomic mass is 10.0. The number of anilines is 1. The van der Waals surface area contributed by atoms with E-state index in [1.54, 1.807) is 12.0 Å². The van der Waals surface area contributed by atoms with Crippen LogP contribution in [0.5, 0.6) is 5.75 Å². The summed E-state index contributed by atoms with van der Waals surface area (Å²) in [5, 5.41) is 13.8. The van der Waals surface area contributed by atoms with E-state index in [1.807, 2.05) is 24.3 Å². The number of hydrogen-bond donors (Lipinski definition) is 1. The number of nitro groups is 1. The molecule has 1 atom stereocenters. The van der Waals surface area contributed by atoms with Crippen LogP contribution in [0.3, 0.4) is 0 Å². The van der Waals surface area contributed by atoms with Gasteiger partial charge in [-0.15, -0.1) is 0 Å². The van der Waals surface area contributed by atoms with Crippen molar-refractivity contribution >= 4 is 29.1 Å². The quantitative estimate of drug-likeness (QED) is 0.487. The van der Waals surface area contributed by atoms with Crippen molar-refractivity contribution in [1.29, 1.82) is 0 Å². The Morgan fingerprint density at radius 1 is 1.09 bits per heavy atom. The van der Waals surface area contributed by atoms with Crippen LogP contribution in [0.15, 0.2) is 48.5 Å². The van der Waals surface area contributed by atoms with Crippen molar-refractivity contribution in [3.8, 4) is 5.75 Å². The third-order valence-electron chi connectivity index (χ3n) is 6.33. The Morgan fingerprint density at radius 3 is 2.46 bits per heavy atom. The lowest BCUT2D eigenvalue weighted by molar-refractivity contribution is -0.384. The number of hydrogen-bond acceptors (Lipinski definition) is 7. The molecule has 2 aliphatic rings. The third kappa shape index (κ3) is 5.34. The maximum absolute atomic E-state index is 13.1. The average Bonchev–Trinajstić information content (AvgIpc) is 2.89. The Kier molecular flexibility index (Phi) is 7.14. The number of carbonyl (C=O) groups excluding carboxylic acids is 3. The summed E-state index contributed by atoms with van der Waals surface area (Å²) < 4.78 is 5.19. The van der Waals surface area contributed by atoms with Gasteiger partial charge in [0, 0.05) is 62.7 Å². The first-order valence-corrected chi connectivity index (χ1v) is 11.4. The van der Waals surface area contributed by atoms with Gasteiger partial charge in [0.25, 0.3) is 11.6 Å². The van der Waals surface area contributed by atoms with Gasteiger partial charge in [0.15, 0.2) is 0 Å². The molecule has 35 heavy (non-hydrogen) atoms. The minimum Gasteiger partial charge on any atom is -0.497 e. The molecule has 0 unspecified atom stereocenters. The van der Waals surface area contributed by atoms with Crippen LogP contribution < -0.4 is 15.0 Å². The minimum absolute atomic E-state index is 0.111. The molecule has 0 aliphatic carbocycles. The molecule has 3 amide bonds. The van der Waals surface area contributed by atoms with Crippen LogP contribution in [-0.2, 0) is 9.59 Å². The van der Waals surface area contributed by atoms with Gasteiger partial charge in [-0.2, -0.15) is 0 Å². The van der Waals surface area contributed by atoms with Crippen molar-refractivity contribution in [2.45, 2.75) is 12.5 Å². The van der Waals surface area contributed by atoms with Gasteiger partial charge in [-0.25, -0.2) is 0 Å². The fraction of sp³-hybridized carbons (Fsp3) is 0.375. The van der Waals surface area contributed by atoms with Gasteiger partial charge in [-0.3, -0.25) is 24.5 Å². The normalized spacial score (nSPS) is 18.1. The van der Waals surface area contributed by atoms with E-state index in [9.17, 15) is 24.5 Å². The standard InChI is InChI=1S/C24H27N5O6/c1-35-20-7-5-18(6-8-20)26-11-13-27(14-12-26)22(30)16-21-23(31)25-9-10-28(21)24(32)17-3-2-4-19(15-17)29(33)34/h2-8,15,21H,9-14,16H2,1H3,(H,25,31)/t21-/m1/s1. The summed E-state index contributed by atoms with van der Waals surface area (Å²) in [6.45, 7) is 2.76. The molecule has 0 spiro atoms. The Bertz CT molecular complexity index is 1110. The van der Waals surface area contributed by atoms with Gasteiger partial charge in [-0.1, -0.05) is 6.07 Å².